The lowest BCUT2D eigenvalue weighted by Crippen LogP contribution is -2.39. The van der Waals surface area contributed by atoms with E-state index in [4.69, 9.17) is 4.74 Å². The van der Waals surface area contributed by atoms with E-state index in [9.17, 15) is 9.50 Å². The molecule has 1 saturated carbocycles. The van der Waals surface area contributed by atoms with Crippen molar-refractivity contribution in [1.82, 2.24) is 10.6 Å². The number of aliphatic imine (C=N–C) groups is 1. The van der Waals surface area contributed by atoms with Gasteiger partial charge in [0.1, 0.15) is 5.82 Å². The maximum absolute atomic E-state index is 13.1. The van der Waals surface area contributed by atoms with Crippen LogP contribution in [0.4, 0.5) is 4.39 Å². The van der Waals surface area contributed by atoms with Gasteiger partial charge in [-0.15, -0.1) is 0 Å². The third kappa shape index (κ3) is 7.84. The van der Waals surface area contributed by atoms with Gasteiger partial charge in [-0.3, -0.25) is 4.99 Å². The zero-order chi connectivity index (χ0) is 18.1. The molecule has 1 aromatic rings. The van der Waals surface area contributed by atoms with E-state index in [0.717, 1.165) is 30.7 Å². The van der Waals surface area contributed by atoms with E-state index in [-0.39, 0.29) is 5.82 Å². The van der Waals surface area contributed by atoms with E-state index in [1.165, 1.54) is 18.9 Å². The number of nitrogens with zero attached hydrogens (tertiary/aromatic N) is 1. The third-order valence-electron chi connectivity index (χ3n) is 4.16. The summed E-state index contributed by atoms with van der Waals surface area (Å²) in [5.41, 5.74) is 2.06. The lowest BCUT2D eigenvalue weighted by atomic mass is 10.1. The molecule has 1 unspecified atom stereocenters. The van der Waals surface area contributed by atoms with Crippen LogP contribution in [0.3, 0.4) is 0 Å². The van der Waals surface area contributed by atoms with E-state index in [0.29, 0.717) is 31.6 Å². The fourth-order valence-corrected chi connectivity index (χ4v) is 2.50. The standard InChI is InChI=1S/C19H30FN3O2/c1-3-21-19(23-11-18(24)13-25-12-15-4-5-15)22-9-8-16-6-7-17(20)10-14(16)2/h6-7,10,15,18,24H,3-5,8-9,11-13H2,1-2H3,(H2,21,22,23). The first-order chi connectivity index (χ1) is 12.1. The summed E-state index contributed by atoms with van der Waals surface area (Å²) in [5.74, 6) is 1.16. The summed E-state index contributed by atoms with van der Waals surface area (Å²) >= 11 is 0. The molecule has 0 bridgehead atoms. The molecular weight excluding hydrogens is 321 g/mol. The summed E-state index contributed by atoms with van der Waals surface area (Å²) in [6.07, 6.45) is 2.68. The zero-order valence-electron chi connectivity index (χ0n) is 15.2. The zero-order valence-corrected chi connectivity index (χ0v) is 15.2. The molecule has 0 aliphatic heterocycles. The van der Waals surface area contributed by atoms with Gasteiger partial charge in [0.05, 0.1) is 19.3 Å². The Labute approximate surface area is 149 Å². The number of guanidine groups is 1. The number of aryl methyl sites for hydroxylation is 1. The maximum atomic E-state index is 13.1. The average molecular weight is 351 g/mol. The molecule has 0 radical (unpaired) electrons. The highest BCUT2D eigenvalue weighted by Gasteiger charge is 2.21. The second-order valence-corrected chi connectivity index (χ2v) is 6.60. The number of benzene rings is 1. The minimum absolute atomic E-state index is 0.206. The molecule has 1 fully saturated rings. The predicted octanol–water partition coefficient (Wildman–Crippen LogP) is 2.02. The Morgan fingerprint density at radius 1 is 1.40 bits per heavy atom. The first kappa shape index (κ1) is 19.7. The molecular formula is C19H30FN3O2. The smallest absolute Gasteiger partial charge is 0.191 e. The molecule has 0 heterocycles. The number of aliphatic hydroxyl groups excluding tert-OH is 1. The molecule has 0 amide bonds. The Bertz CT molecular complexity index is 562. The quantitative estimate of drug-likeness (QED) is 0.446. The van der Waals surface area contributed by atoms with Crippen LogP contribution in [-0.2, 0) is 11.2 Å². The van der Waals surface area contributed by atoms with Crippen LogP contribution >= 0.6 is 0 Å². The number of ether oxygens (including phenoxy) is 1. The molecule has 2 rings (SSSR count). The highest BCUT2D eigenvalue weighted by atomic mass is 19.1. The summed E-state index contributed by atoms with van der Waals surface area (Å²) in [5, 5.41) is 16.3. The minimum Gasteiger partial charge on any atom is -0.389 e. The summed E-state index contributed by atoms with van der Waals surface area (Å²) in [4.78, 5) is 4.40. The second-order valence-electron chi connectivity index (χ2n) is 6.60. The maximum Gasteiger partial charge on any atom is 0.191 e. The number of rotatable bonds is 10. The Hall–Kier alpha value is -1.66. The predicted molar refractivity (Wildman–Crippen MR) is 98.4 cm³/mol. The molecule has 3 N–H and O–H groups in total. The molecule has 140 valence electrons. The number of hydrogen-bond acceptors (Lipinski definition) is 3. The number of nitrogens with one attached hydrogen (secondary N) is 2. The van der Waals surface area contributed by atoms with Gasteiger partial charge in [0, 0.05) is 19.7 Å². The highest BCUT2D eigenvalue weighted by Crippen LogP contribution is 2.28. The van der Waals surface area contributed by atoms with Gasteiger partial charge in [-0.05, 0) is 62.3 Å². The second kappa shape index (κ2) is 10.4. The molecule has 0 spiro atoms. The van der Waals surface area contributed by atoms with Gasteiger partial charge in [0.25, 0.3) is 0 Å². The number of halogens is 1. The Kier molecular flexibility index (Phi) is 8.15. The summed E-state index contributed by atoms with van der Waals surface area (Å²) < 4.78 is 18.6. The van der Waals surface area contributed by atoms with Crippen LogP contribution in [0.25, 0.3) is 0 Å². The lowest BCUT2D eigenvalue weighted by Gasteiger charge is -2.14. The molecule has 1 aromatic carbocycles. The van der Waals surface area contributed by atoms with Gasteiger partial charge < -0.3 is 20.5 Å². The fourth-order valence-electron chi connectivity index (χ4n) is 2.50. The average Bonchev–Trinajstić information content (AvgIpc) is 3.39. The van der Waals surface area contributed by atoms with Crippen LogP contribution in [-0.4, -0.2) is 50.0 Å². The molecule has 0 aromatic heterocycles. The number of aliphatic hydroxyl groups is 1. The van der Waals surface area contributed by atoms with Crippen LogP contribution in [0, 0.1) is 18.7 Å². The van der Waals surface area contributed by atoms with Crippen molar-refractivity contribution < 1.29 is 14.2 Å². The van der Waals surface area contributed by atoms with E-state index < -0.39 is 6.10 Å². The van der Waals surface area contributed by atoms with Gasteiger partial charge >= 0.3 is 0 Å². The normalized spacial score (nSPS) is 15.9. The molecule has 1 aliphatic carbocycles. The monoisotopic (exact) mass is 351 g/mol. The van der Waals surface area contributed by atoms with Crippen LogP contribution in [0.2, 0.25) is 0 Å². The van der Waals surface area contributed by atoms with Gasteiger partial charge in [0.15, 0.2) is 5.96 Å². The van der Waals surface area contributed by atoms with Crippen molar-refractivity contribution in [3.8, 4) is 0 Å². The SMILES string of the molecule is CCNC(=NCC(O)COCC1CC1)NCCc1ccc(F)cc1C. The molecule has 1 atom stereocenters. The first-order valence-corrected chi connectivity index (χ1v) is 9.11. The molecule has 5 nitrogen and oxygen atoms in total. The van der Waals surface area contributed by atoms with Gasteiger partial charge in [-0.25, -0.2) is 4.39 Å². The fraction of sp³-hybridized carbons (Fsp3) is 0.632. The molecule has 0 saturated heterocycles. The Morgan fingerprint density at radius 2 is 2.20 bits per heavy atom. The van der Waals surface area contributed by atoms with E-state index in [2.05, 4.69) is 15.6 Å². The summed E-state index contributed by atoms with van der Waals surface area (Å²) in [7, 11) is 0. The van der Waals surface area contributed by atoms with Crippen molar-refractivity contribution in [2.75, 3.05) is 32.8 Å². The van der Waals surface area contributed by atoms with Crippen molar-refractivity contribution in [3.05, 3.63) is 35.1 Å². The topological polar surface area (TPSA) is 65.9 Å². The largest absolute Gasteiger partial charge is 0.389 e. The Morgan fingerprint density at radius 3 is 2.88 bits per heavy atom. The number of hydrogen-bond donors (Lipinski definition) is 3. The third-order valence-corrected chi connectivity index (χ3v) is 4.16. The lowest BCUT2D eigenvalue weighted by molar-refractivity contribution is 0.0368. The van der Waals surface area contributed by atoms with Gasteiger partial charge in [-0.1, -0.05) is 6.07 Å². The first-order valence-electron chi connectivity index (χ1n) is 9.11. The highest BCUT2D eigenvalue weighted by molar-refractivity contribution is 5.79. The Balaban J connectivity index is 1.72. The van der Waals surface area contributed by atoms with Crippen LogP contribution in [0.1, 0.15) is 30.9 Å². The molecule has 25 heavy (non-hydrogen) atoms. The van der Waals surface area contributed by atoms with E-state index >= 15 is 0 Å². The van der Waals surface area contributed by atoms with E-state index in [1.54, 1.807) is 6.07 Å². The van der Waals surface area contributed by atoms with Gasteiger partial charge in [0.2, 0.25) is 0 Å². The van der Waals surface area contributed by atoms with Crippen molar-refractivity contribution in [3.63, 3.8) is 0 Å². The van der Waals surface area contributed by atoms with Gasteiger partial charge in [-0.2, -0.15) is 0 Å². The minimum atomic E-state index is -0.589. The van der Waals surface area contributed by atoms with Crippen molar-refractivity contribution in [1.29, 1.82) is 0 Å². The summed E-state index contributed by atoms with van der Waals surface area (Å²) in [6, 6.07) is 4.85. The van der Waals surface area contributed by atoms with Crippen molar-refractivity contribution in [2.45, 2.75) is 39.2 Å². The summed E-state index contributed by atoms with van der Waals surface area (Å²) in [6.45, 7) is 6.72. The molecule has 1 aliphatic rings. The van der Waals surface area contributed by atoms with E-state index in [1.807, 2.05) is 19.9 Å². The van der Waals surface area contributed by atoms with Crippen LogP contribution in [0.5, 0.6) is 0 Å². The van der Waals surface area contributed by atoms with Crippen LogP contribution < -0.4 is 10.6 Å². The molecule has 6 heteroatoms. The van der Waals surface area contributed by atoms with Crippen molar-refractivity contribution in [2.24, 2.45) is 10.9 Å². The van der Waals surface area contributed by atoms with Crippen molar-refractivity contribution >= 4 is 5.96 Å². The van der Waals surface area contributed by atoms with Crippen LogP contribution in [0.15, 0.2) is 23.2 Å².